The third-order valence-corrected chi connectivity index (χ3v) is 3.20. The number of amides is 1. The Kier molecular flexibility index (Phi) is 4.29. The van der Waals surface area contributed by atoms with Crippen LogP contribution in [0.15, 0.2) is 0 Å². The normalized spacial score (nSPS) is 24.8. The van der Waals surface area contributed by atoms with Crippen molar-refractivity contribution in [3.63, 3.8) is 0 Å². The van der Waals surface area contributed by atoms with Gasteiger partial charge in [-0.3, -0.25) is 4.79 Å². The summed E-state index contributed by atoms with van der Waals surface area (Å²) < 4.78 is 5.04. The average Bonchev–Trinajstić information content (AvgIpc) is 2.70. The van der Waals surface area contributed by atoms with E-state index >= 15 is 0 Å². The lowest BCUT2D eigenvalue weighted by molar-refractivity contribution is -0.158. The quantitative estimate of drug-likeness (QED) is 0.760. The Morgan fingerprint density at radius 3 is 2.62 bits per heavy atom. The molecule has 1 amide bonds. The van der Waals surface area contributed by atoms with Gasteiger partial charge >= 0.3 is 5.97 Å². The molecule has 1 unspecified atom stereocenters. The number of nitrogens with zero attached hydrogens (tertiary/aromatic N) is 1. The summed E-state index contributed by atoms with van der Waals surface area (Å²) in [6, 6.07) is 0. The minimum atomic E-state index is -1.01. The van der Waals surface area contributed by atoms with Gasteiger partial charge < -0.3 is 14.7 Å². The van der Waals surface area contributed by atoms with Crippen LogP contribution in [0.5, 0.6) is 0 Å². The molecule has 5 heteroatoms. The Hall–Kier alpha value is -1.10. The maximum atomic E-state index is 11.8. The predicted molar refractivity (Wildman–Crippen MR) is 58.1 cm³/mol. The fourth-order valence-electron chi connectivity index (χ4n) is 2.25. The number of carbonyl (C=O) groups excluding carboxylic acids is 1. The van der Waals surface area contributed by atoms with Crippen LogP contribution in [0.2, 0.25) is 0 Å². The van der Waals surface area contributed by atoms with E-state index in [-0.39, 0.29) is 12.5 Å². The molecule has 0 spiro atoms. The lowest BCUT2D eigenvalue weighted by atomic mass is 9.93. The van der Waals surface area contributed by atoms with E-state index in [1.165, 1.54) is 4.90 Å². The van der Waals surface area contributed by atoms with Gasteiger partial charge in [0.1, 0.15) is 12.1 Å². The highest BCUT2D eigenvalue weighted by Gasteiger charge is 2.48. The smallest absolute Gasteiger partial charge is 0.329 e. The predicted octanol–water partition coefficient (Wildman–Crippen LogP) is 0.879. The Balaban J connectivity index is 2.77. The van der Waals surface area contributed by atoms with E-state index in [2.05, 4.69) is 0 Å². The summed E-state index contributed by atoms with van der Waals surface area (Å²) >= 11 is 0. The van der Waals surface area contributed by atoms with E-state index in [9.17, 15) is 14.7 Å². The number of carbonyl (C=O) groups is 2. The highest BCUT2D eigenvalue weighted by molar-refractivity contribution is 5.88. The third-order valence-electron chi connectivity index (χ3n) is 3.20. The zero-order valence-corrected chi connectivity index (χ0v) is 9.86. The fraction of sp³-hybridized carbons (Fsp3) is 0.818. The molecule has 1 heterocycles. The summed E-state index contributed by atoms with van der Waals surface area (Å²) in [5.74, 6) is -1.12. The minimum absolute atomic E-state index is 0.0223. The van der Waals surface area contributed by atoms with Gasteiger partial charge in [0.05, 0.1) is 0 Å². The van der Waals surface area contributed by atoms with Crippen LogP contribution < -0.4 is 0 Å². The summed E-state index contributed by atoms with van der Waals surface area (Å²) in [5, 5.41) is 9.27. The first-order valence-corrected chi connectivity index (χ1v) is 5.70. The second-order valence-electron chi connectivity index (χ2n) is 3.98. The van der Waals surface area contributed by atoms with Crippen LogP contribution >= 0.6 is 0 Å². The molecule has 16 heavy (non-hydrogen) atoms. The van der Waals surface area contributed by atoms with Crippen molar-refractivity contribution >= 4 is 11.9 Å². The molecule has 0 radical (unpaired) electrons. The van der Waals surface area contributed by atoms with Gasteiger partial charge in [0, 0.05) is 13.2 Å². The standard InChI is InChI=1S/C11H19NO4/c1-3-11(10(14)15)6-5-7-12(11)9(13)8-16-4-2/h3-8H2,1-2H3,(H,14,15). The van der Waals surface area contributed by atoms with Crippen LogP contribution in [0, 0.1) is 0 Å². The average molecular weight is 229 g/mol. The molecule has 0 saturated carbocycles. The summed E-state index contributed by atoms with van der Waals surface area (Å²) in [4.78, 5) is 24.6. The van der Waals surface area contributed by atoms with Crippen molar-refractivity contribution in [3.8, 4) is 0 Å². The monoisotopic (exact) mass is 229 g/mol. The Morgan fingerprint density at radius 1 is 1.44 bits per heavy atom. The number of rotatable bonds is 5. The molecule has 0 aromatic rings. The molecule has 1 saturated heterocycles. The molecular weight excluding hydrogens is 210 g/mol. The van der Waals surface area contributed by atoms with E-state index in [0.717, 1.165) is 6.42 Å². The van der Waals surface area contributed by atoms with Crippen molar-refractivity contribution in [2.24, 2.45) is 0 Å². The van der Waals surface area contributed by atoms with Gasteiger partial charge in [-0.05, 0) is 26.2 Å². The zero-order valence-electron chi connectivity index (χ0n) is 9.86. The summed E-state index contributed by atoms with van der Waals surface area (Å²) in [7, 11) is 0. The van der Waals surface area contributed by atoms with Crippen LogP contribution in [0.1, 0.15) is 33.1 Å². The van der Waals surface area contributed by atoms with E-state index in [1.807, 2.05) is 6.92 Å². The van der Waals surface area contributed by atoms with Crippen LogP contribution in [0.3, 0.4) is 0 Å². The number of ether oxygens (including phenoxy) is 1. The second-order valence-corrected chi connectivity index (χ2v) is 3.98. The highest BCUT2D eigenvalue weighted by Crippen LogP contribution is 2.32. The van der Waals surface area contributed by atoms with Gasteiger partial charge in [-0.1, -0.05) is 6.92 Å². The largest absolute Gasteiger partial charge is 0.479 e. The SMILES string of the molecule is CCOCC(=O)N1CCCC1(CC)C(=O)O. The Morgan fingerprint density at radius 2 is 2.12 bits per heavy atom. The van der Waals surface area contributed by atoms with Gasteiger partial charge in [-0.15, -0.1) is 0 Å². The Bertz CT molecular complexity index is 279. The number of aliphatic carboxylic acids is 1. The molecule has 1 aliphatic rings. The number of carboxylic acids is 1. The number of hydrogen-bond acceptors (Lipinski definition) is 3. The molecule has 0 bridgehead atoms. The molecule has 0 aromatic heterocycles. The molecule has 0 aliphatic carbocycles. The molecule has 1 atom stereocenters. The topological polar surface area (TPSA) is 66.8 Å². The van der Waals surface area contributed by atoms with E-state index < -0.39 is 11.5 Å². The maximum Gasteiger partial charge on any atom is 0.329 e. The first-order chi connectivity index (χ1) is 7.58. The van der Waals surface area contributed by atoms with Crippen molar-refractivity contribution in [1.29, 1.82) is 0 Å². The first-order valence-electron chi connectivity index (χ1n) is 5.70. The minimum Gasteiger partial charge on any atom is -0.479 e. The summed E-state index contributed by atoms with van der Waals surface area (Å²) in [6.07, 6.45) is 1.73. The maximum absolute atomic E-state index is 11.8. The van der Waals surface area contributed by atoms with Gasteiger partial charge in [0.15, 0.2) is 0 Å². The van der Waals surface area contributed by atoms with Gasteiger partial charge in [-0.2, -0.15) is 0 Å². The molecule has 1 aliphatic heterocycles. The Labute approximate surface area is 95.4 Å². The van der Waals surface area contributed by atoms with E-state index in [0.29, 0.717) is 26.0 Å². The third kappa shape index (κ3) is 2.19. The van der Waals surface area contributed by atoms with Gasteiger partial charge in [0.2, 0.25) is 5.91 Å². The molecular formula is C11H19NO4. The van der Waals surface area contributed by atoms with Crippen molar-refractivity contribution in [2.75, 3.05) is 19.8 Å². The zero-order chi connectivity index (χ0) is 12.2. The molecule has 5 nitrogen and oxygen atoms in total. The number of likely N-dealkylation sites (tertiary alicyclic amines) is 1. The van der Waals surface area contributed by atoms with Crippen molar-refractivity contribution < 1.29 is 19.4 Å². The highest BCUT2D eigenvalue weighted by atomic mass is 16.5. The van der Waals surface area contributed by atoms with Crippen LogP contribution in [0.25, 0.3) is 0 Å². The van der Waals surface area contributed by atoms with E-state index in [4.69, 9.17) is 4.74 Å². The molecule has 1 N–H and O–H groups in total. The molecule has 1 fully saturated rings. The van der Waals surface area contributed by atoms with Crippen molar-refractivity contribution in [3.05, 3.63) is 0 Å². The number of carboxylic acid groups (broad SMARTS) is 1. The fourth-order valence-corrected chi connectivity index (χ4v) is 2.25. The van der Waals surface area contributed by atoms with Crippen molar-refractivity contribution in [2.45, 2.75) is 38.6 Å². The first kappa shape index (κ1) is 13.0. The van der Waals surface area contributed by atoms with Crippen LogP contribution in [-0.2, 0) is 14.3 Å². The molecule has 92 valence electrons. The second kappa shape index (κ2) is 5.30. The lowest BCUT2D eigenvalue weighted by Crippen LogP contribution is -2.53. The van der Waals surface area contributed by atoms with Gasteiger partial charge in [-0.25, -0.2) is 4.79 Å². The van der Waals surface area contributed by atoms with Gasteiger partial charge in [0.25, 0.3) is 0 Å². The van der Waals surface area contributed by atoms with Crippen LogP contribution in [0.4, 0.5) is 0 Å². The van der Waals surface area contributed by atoms with E-state index in [1.54, 1.807) is 6.92 Å². The lowest BCUT2D eigenvalue weighted by Gasteiger charge is -2.33. The summed E-state index contributed by atoms with van der Waals surface area (Å²) in [6.45, 7) is 4.57. The molecule has 0 aromatic carbocycles. The molecule has 1 rings (SSSR count). The summed E-state index contributed by atoms with van der Waals surface area (Å²) in [5.41, 5.74) is -1.01. The van der Waals surface area contributed by atoms with Crippen LogP contribution in [-0.4, -0.2) is 47.2 Å². The number of hydrogen-bond donors (Lipinski definition) is 1. The van der Waals surface area contributed by atoms with Crippen molar-refractivity contribution in [1.82, 2.24) is 4.90 Å².